The largest absolute Gasteiger partial charge is 0.573 e. The van der Waals surface area contributed by atoms with E-state index in [9.17, 15) is 27.9 Å². The van der Waals surface area contributed by atoms with Crippen molar-refractivity contribution in [3.05, 3.63) is 107 Å². The van der Waals surface area contributed by atoms with Gasteiger partial charge in [-0.2, -0.15) is 0 Å². The monoisotopic (exact) mass is 512 g/mol. The minimum Gasteiger partial charge on any atom is -0.461 e. The number of ether oxygens (including phenoxy) is 3. The molecule has 1 aliphatic rings. The van der Waals surface area contributed by atoms with Crippen LogP contribution in [0.2, 0.25) is 0 Å². The minimum absolute atomic E-state index is 0.0578. The first-order chi connectivity index (χ1) is 17.7. The fourth-order valence-electron chi connectivity index (χ4n) is 4.05. The molecule has 0 amide bonds. The molecule has 6 nitrogen and oxygen atoms in total. The zero-order valence-corrected chi connectivity index (χ0v) is 19.5. The first-order valence-corrected chi connectivity index (χ1v) is 11.4. The second-order valence-electron chi connectivity index (χ2n) is 8.56. The van der Waals surface area contributed by atoms with Gasteiger partial charge in [0.25, 0.3) is 0 Å². The number of alkyl halides is 3. The van der Waals surface area contributed by atoms with Crippen LogP contribution in [0.1, 0.15) is 29.0 Å². The van der Waals surface area contributed by atoms with Crippen LogP contribution in [-0.2, 0) is 19.1 Å². The molecule has 3 aromatic rings. The predicted octanol–water partition coefficient (Wildman–Crippen LogP) is 5.02. The molecular formula is C28H23F3O6. The van der Waals surface area contributed by atoms with Gasteiger partial charge in [0.15, 0.2) is 5.60 Å². The molecule has 0 spiro atoms. The van der Waals surface area contributed by atoms with Gasteiger partial charge >= 0.3 is 18.3 Å². The third-order valence-corrected chi connectivity index (χ3v) is 5.81. The van der Waals surface area contributed by atoms with E-state index in [2.05, 4.69) is 4.74 Å². The molecular weight excluding hydrogens is 489 g/mol. The number of benzene rings is 3. The standard InChI is InChI=1S/C28H23F3O6/c29-28(30,31)36-23-13-11-19(12-14-23)15-22-16-27(17-32,37-25(22)33)18-35-26(34)24(20-7-3-1-4-8-20)21-9-5-2-6-10-21/h1-15,24,32H,16-18H2/b22-15+. The Morgan fingerprint density at radius 3 is 2.05 bits per heavy atom. The van der Waals surface area contributed by atoms with E-state index in [1.165, 1.54) is 18.2 Å². The summed E-state index contributed by atoms with van der Waals surface area (Å²) >= 11 is 0. The Hall–Kier alpha value is -4.11. The van der Waals surface area contributed by atoms with Crippen molar-refractivity contribution < 1.29 is 42.1 Å². The Labute approximate surface area is 210 Å². The summed E-state index contributed by atoms with van der Waals surface area (Å²) in [4.78, 5) is 25.7. The molecule has 9 heteroatoms. The molecule has 1 fully saturated rings. The number of aliphatic hydroxyl groups is 1. The molecule has 0 aliphatic carbocycles. The number of halogens is 3. The second kappa shape index (κ2) is 10.9. The fraction of sp³-hybridized carbons (Fsp3) is 0.214. The second-order valence-corrected chi connectivity index (χ2v) is 8.56. The fourth-order valence-corrected chi connectivity index (χ4v) is 4.05. The summed E-state index contributed by atoms with van der Waals surface area (Å²) in [6.07, 6.45) is -3.43. The van der Waals surface area contributed by atoms with Crippen LogP contribution in [0.5, 0.6) is 5.75 Å². The number of cyclic esters (lactones) is 1. The number of aliphatic hydroxyl groups excluding tert-OH is 1. The molecule has 1 saturated heterocycles. The molecule has 0 bridgehead atoms. The molecule has 37 heavy (non-hydrogen) atoms. The van der Waals surface area contributed by atoms with Gasteiger partial charge in [-0.15, -0.1) is 13.2 Å². The lowest BCUT2D eigenvalue weighted by atomic mass is 9.91. The van der Waals surface area contributed by atoms with Crippen molar-refractivity contribution in [1.82, 2.24) is 0 Å². The molecule has 1 N–H and O–H groups in total. The summed E-state index contributed by atoms with van der Waals surface area (Å²) in [5.74, 6) is -2.41. The van der Waals surface area contributed by atoms with Gasteiger partial charge in [-0.1, -0.05) is 72.8 Å². The Bertz CT molecular complexity index is 1220. The Morgan fingerprint density at radius 2 is 1.54 bits per heavy atom. The number of carbonyl (C=O) groups is 2. The lowest BCUT2D eigenvalue weighted by Crippen LogP contribution is -2.40. The first-order valence-electron chi connectivity index (χ1n) is 11.4. The van der Waals surface area contributed by atoms with E-state index in [1.807, 2.05) is 60.7 Å². The third kappa shape index (κ3) is 6.56. The van der Waals surface area contributed by atoms with Gasteiger partial charge in [0.2, 0.25) is 0 Å². The van der Waals surface area contributed by atoms with Crippen molar-refractivity contribution in [2.45, 2.75) is 24.3 Å². The van der Waals surface area contributed by atoms with Crippen molar-refractivity contribution in [1.29, 1.82) is 0 Å². The van der Waals surface area contributed by atoms with E-state index >= 15 is 0 Å². The maximum absolute atomic E-state index is 13.2. The Kier molecular flexibility index (Phi) is 7.63. The lowest BCUT2D eigenvalue weighted by Gasteiger charge is -2.26. The molecule has 1 unspecified atom stereocenters. The zero-order valence-electron chi connectivity index (χ0n) is 19.5. The quantitative estimate of drug-likeness (QED) is 0.337. The number of rotatable bonds is 8. The average molecular weight is 512 g/mol. The predicted molar refractivity (Wildman–Crippen MR) is 127 cm³/mol. The highest BCUT2D eigenvalue weighted by molar-refractivity contribution is 5.96. The number of carbonyl (C=O) groups excluding carboxylic acids is 2. The highest BCUT2D eigenvalue weighted by Crippen LogP contribution is 2.34. The number of hydrogen-bond donors (Lipinski definition) is 1. The normalized spacial score (nSPS) is 18.6. The van der Waals surface area contributed by atoms with Crippen LogP contribution in [0, 0.1) is 0 Å². The highest BCUT2D eigenvalue weighted by atomic mass is 19.4. The van der Waals surface area contributed by atoms with E-state index < -0.39 is 42.2 Å². The van der Waals surface area contributed by atoms with E-state index in [0.29, 0.717) is 5.56 Å². The summed E-state index contributed by atoms with van der Waals surface area (Å²) < 4.78 is 51.9. The van der Waals surface area contributed by atoms with Gasteiger partial charge in [0.05, 0.1) is 6.61 Å². The number of esters is 2. The molecule has 0 aromatic heterocycles. The third-order valence-electron chi connectivity index (χ3n) is 5.81. The zero-order chi connectivity index (χ0) is 26.5. The SMILES string of the molecule is O=C1OC(CO)(COC(=O)C(c2ccccc2)c2ccccc2)C/C1=C\c1ccc(OC(F)(F)F)cc1. The van der Waals surface area contributed by atoms with Crippen LogP contribution < -0.4 is 4.74 Å². The summed E-state index contributed by atoms with van der Waals surface area (Å²) in [5.41, 5.74) is 0.575. The van der Waals surface area contributed by atoms with Crippen molar-refractivity contribution >= 4 is 18.0 Å². The van der Waals surface area contributed by atoms with Gasteiger partial charge in [-0.05, 0) is 34.9 Å². The van der Waals surface area contributed by atoms with Crippen molar-refractivity contribution in [3.63, 3.8) is 0 Å². The topological polar surface area (TPSA) is 82.1 Å². The van der Waals surface area contributed by atoms with Gasteiger partial charge < -0.3 is 19.3 Å². The van der Waals surface area contributed by atoms with Crippen LogP contribution in [0.25, 0.3) is 6.08 Å². The van der Waals surface area contributed by atoms with Gasteiger partial charge in [-0.3, -0.25) is 4.79 Å². The smallest absolute Gasteiger partial charge is 0.461 e. The van der Waals surface area contributed by atoms with E-state index in [0.717, 1.165) is 23.3 Å². The maximum atomic E-state index is 13.2. The summed E-state index contributed by atoms with van der Waals surface area (Å²) in [7, 11) is 0. The van der Waals surface area contributed by atoms with Gasteiger partial charge in [-0.25, -0.2) is 4.79 Å². The van der Waals surface area contributed by atoms with Crippen LogP contribution in [0.4, 0.5) is 13.2 Å². The van der Waals surface area contributed by atoms with Crippen LogP contribution >= 0.6 is 0 Å². The van der Waals surface area contributed by atoms with Crippen LogP contribution in [0.15, 0.2) is 90.5 Å². The van der Waals surface area contributed by atoms with Gasteiger partial charge in [0, 0.05) is 12.0 Å². The van der Waals surface area contributed by atoms with E-state index in [-0.39, 0.29) is 18.6 Å². The molecule has 0 saturated carbocycles. The van der Waals surface area contributed by atoms with E-state index in [4.69, 9.17) is 9.47 Å². The minimum atomic E-state index is -4.81. The molecule has 1 heterocycles. The van der Waals surface area contributed by atoms with Crippen LogP contribution in [0.3, 0.4) is 0 Å². The molecule has 4 rings (SSSR count). The molecule has 192 valence electrons. The average Bonchev–Trinajstić information content (AvgIpc) is 3.20. The Morgan fingerprint density at radius 1 is 0.973 bits per heavy atom. The Balaban J connectivity index is 1.48. The molecule has 3 aromatic carbocycles. The highest BCUT2D eigenvalue weighted by Gasteiger charge is 2.45. The maximum Gasteiger partial charge on any atom is 0.573 e. The summed E-state index contributed by atoms with van der Waals surface area (Å²) in [5, 5.41) is 10.0. The molecule has 1 aliphatic heterocycles. The van der Waals surface area contributed by atoms with Crippen molar-refractivity contribution in [2.75, 3.05) is 13.2 Å². The number of hydrogen-bond acceptors (Lipinski definition) is 6. The van der Waals surface area contributed by atoms with E-state index in [1.54, 1.807) is 0 Å². The summed E-state index contributed by atoms with van der Waals surface area (Å²) in [6.45, 7) is -0.969. The molecule has 0 radical (unpaired) electrons. The summed E-state index contributed by atoms with van der Waals surface area (Å²) in [6, 6.07) is 23.1. The first kappa shape index (κ1) is 26.0. The van der Waals surface area contributed by atoms with Gasteiger partial charge in [0.1, 0.15) is 18.3 Å². The van der Waals surface area contributed by atoms with Crippen LogP contribution in [-0.4, -0.2) is 42.2 Å². The van der Waals surface area contributed by atoms with Crippen molar-refractivity contribution in [3.8, 4) is 5.75 Å². The van der Waals surface area contributed by atoms with Crippen molar-refractivity contribution in [2.24, 2.45) is 0 Å². The lowest BCUT2D eigenvalue weighted by molar-refractivity contribution is -0.274. The molecule has 1 atom stereocenters.